The summed E-state index contributed by atoms with van der Waals surface area (Å²) < 4.78 is 11.5. The van der Waals surface area contributed by atoms with Gasteiger partial charge in [-0.15, -0.1) is 0 Å². The molecule has 0 bridgehead atoms. The predicted octanol–water partition coefficient (Wildman–Crippen LogP) is 3.63. The molecule has 2 aromatic carbocycles. The second-order valence-electron chi connectivity index (χ2n) is 11.2. The number of hydrogen-bond donors (Lipinski definition) is 0. The van der Waals surface area contributed by atoms with Crippen molar-refractivity contribution in [3.05, 3.63) is 59.2 Å². The maximum atomic E-state index is 14.6. The molecule has 2 fully saturated rings. The number of likely N-dealkylation sites (N-methyl/N-ethyl adjacent to an activating group) is 1. The van der Waals surface area contributed by atoms with Crippen LogP contribution in [0.15, 0.2) is 42.5 Å². The number of methoxy groups -OCH3 is 2. The van der Waals surface area contributed by atoms with Gasteiger partial charge in [-0.3, -0.25) is 14.5 Å². The van der Waals surface area contributed by atoms with E-state index in [2.05, 4.69) is 9.80 Å². The van der Waals surface area contributed by atoms with Crippen LogP contribution >= 0.6 is 0 Å². The quantitative estimate of drug-likeness (QED) is 0.516. The molecule has 2 amide bonds. The van der Waals surface area contributed by atoms with E-state index in [0.29, 0.717) is 49.3 Å². The molecule has 2 aromatic rings. The minimum absolute atomic E-state index is 0.0579. The maximum absolute atomic E-state index is 14.6. The van der Waals surface area contributed by atoms with Crippen molar-refractivity contribution in [3.63, 3.8) is 0 Å². The van der Waals surface area contributed by atoms with Crippen LogP contribution in [-0.4, -0.2) is 105 Å². The minimum Gasteiger partial charge on any atom is -0.493 e. The molecule has 0 radical (unpaired) electrons. The lowest BCUT2D eigenvalue weighted by Crippen LogP contribution is -2.55. The van der Waals surface area contributed by atoms with Crippen LogP contribution in [0, 0.1) is 0 Å². The Morgan fingerprint density at radius 1 is 0.923 bits per heavy atom. The number of para-hydroxylation sites is 1. The highest BCUT2D eigenvalue weighted by Crippen LogP contribution is 2.48. The number of piperazine rings is 1. The lowest BCUT2D eigenvalue weighted by molar-refractivity contribution is -0.136. The smallest absolute Gasteiger partial charge is 0.254 e. The van der Waals surface area contributed by atoms with Gasteiger partial charge in [-0.1, -0.05) is 43.2 Å². The largest absolute Gasteiger partial charge is 0.493 e. The summed E-state index contributed by atoms with van der Waals surface area (Å²) >= 11 is 0. The Kier molecular flexibility index (Phi) is 8.43. The molecule has 1 saturated carbocycles. The van der Waals surface area contributed by atoms with E-state index >= 15 is 0 Å². The number of rotatable bonds is 8. The summed E-state index contributed by atoms with van der Waals surface area (Å²) in [5, 5.41) is 0. The first-order chi connectivity index (χ1) is 18.9. The van der Waals surface area contributed by atoms with E-state index in [9.17, 15) is 9.59 Å². The molecular weight excluding hydrogens is 492 g/mol. The van der Waals surface area contributed by atoms with E-state index in [1.165, 1.54) is 25.7 Å². The number of nitrogens with zero attached hydrogens (tertiary/aromatic N) is 4. The van der Waals surface area contributed by atoms with Gasteiger partial charge in [-0.2, -0.15) is 0 Å². The number of carbonyl (C=O) groups excluding carboxylic acids is 2. The highest BCUT2D eigenvalue weighted by atomic mass is 16.5. The Morgan fingerprint density at radius 2 is 1.62 bits per heavy atom. The van der Waals surface area contributed by atoms with Crippen molar-refractivity contribution in [3.8, 4) is 11.5 Å². The van der Waals surface area contributed by atoms with Crippen LogP contribution < -0.4 is 9.47 Å². The minimum atomic E-state index is -0.542. The number of ether oxygens (including phenoxy) is 2. The average molecular weight is 535 g/mol. The molecule has 2 heterocycles. The molecule has 2 atom stereocenters. The number of benzene rings is 2. The SMILES string of the molecule is COc1cccc(C2C(C(=O)N3CCN(C4CCCC4)CC3)c3ccccc3C(=O)N2CCN(C)C)c1OC. The van der Waals surface area contributed by atoms with Crippen molar-refractivity contribution in [1.29, 1.82) is 0 Å². The van der Waals surface area contributed by atoms with Gasteiger partial charge in [0.05, 0.1) is 26.2 Å². The van der Waals surface area contributed by atoms with Crippen LogP contribution in [0.3, 0.4) is 0 Å². The van der Waals surface area contributed by atoms with E-state index in [1.807, 2.05) is 66.4 Å². The fraction of sp³-hybridized carbons (Fsp3) is 0.548. The molecule has 2 unspecified atom stereocenters. The third kappa shape index (κ3) is 5.37. The van der Waals surface area contributed by atoms with Crippen LogP contribution in [0.4, 0.5) is 0 Å². The van der Waals surface area contributed by atoms with Crippen molar-refractivity contribution in [2.45, 2.75) is 43.7 Å². The van der Waals surface area contributed by atoms with Crippen molar-refractivity contribution in [2.75, 3.05) is 67.6 Å². The van der Waals surface area contributed by atoms with E-state index in [1.54, 1.807) is 14.2 Å². The highest BCUT2D eigenvalue weighted by molar-refractivity contribution is 6.01. The van der Waals surface area contributed by atoms with E-state index in [0.717, 1.165) is 24.2 Å². The molecule has 0 aromatic heterocycles. The monoisotopic (exact) mass is 534 g/mol. The van der Waals surface area contributed by atoms with Crippen LogP contribution in [0.5, 0.6) is 11.5 Å². The maximum Gasteiger partial charge on any atom is 0.254 e. The topological polar surface area (TPSA) is 65.6 Å². The van der Waals surface area contributed by atoms with Gasteiger partial charge in [-0.05, 0) is 44.6 Å². The van der Waals surface area contributed by atoms with Crippen molar-refractivity contribution in [1.82, 2.24) is 19.6 Å². The van der Waals surface area contributed by atoms with E-state index < -0.39 is 12.0 Å². The zero-order chi connectivity index (χ0) is 27.5. The first kappa shape index (κ1) is 27.5. The molecule has 8 nitrogen and oxygen atoms in total. The van der Waals surface area contributed by atoms with Gasteiger partial charge in [0.2, 0.25) is 5.91 Å². The summed E-state index contributed by atoms with van der Waals surface area (Å²) in [6, 6.07) is 13.5. The van der Waals surface area contributed by atoms with Crippen LogP contribution in [-0.2, 0) is 4.79 Å². The van der Waals surface area contributed by atoms with Crippen molar-refractivity contribution in [2.24, 2.45) is 0 Å². The third-order valence-electron chi connectivity index (χ3n) is 8.71. The first-order valence-corrected chi connectivity index (χ1v) is 14.2. The summed E-state index contributed by atoms with van der Waals surface area (Å²) in [7, 11) is 7.22. The second kappa shape index (κ2) is 12.0. The van der Waals surface area contributed by atoms with Crippen LogP contribution in [0.25, 0.3) is 0 Å². The summed E-state index contributed by atoms with van der Waals surface area (Å²) in [5.41, 5.74) is 2.19. The van der Waals surface area contributed by atoms with Gasteiger partial charge in [0.1, 0.15) is 0 Å². The van der Waals surface area contributed by atoms with E-state index in [-0.39, 0.29) is 11.8 Å². The third-order valence-corrected chi connectivity index (χ3v) is 8.71. The van der Waals surface area contributed by atoms with Gasteiger partial charge in [0.25, 0.3) is 5.91 Å². The molecule has 2 aliphatic heterocycles. The summed E-state index contributed by atoms with van der Waals surface area (Å²) in [4.78, 5) is 37.1. The Balaban J connectivity index is 1.56. The van der Waals surface area contributed by atoms with Crippen LogP contribution in [0.2, 0.25) is 0 Å². The molecule has 210 valence electrons. The molecule has 0 N–H and O–H groups in total. The standard InChI is InChI=1S/C31H42N4O4/c1-32(2)16-21-35-28(25-14-9-15-26(38-3)29(25)39-4)27(23-12-7-8-13-24(23)30(35)36)31(37)34-19-17-33(18-20-34)22-10-5-6-11-22/h7-9,12-15,22,27-28H,5-6,10-11,16-21H2,1-4H3. The summed E-state index contributed by atoms with van der Waals surface area (Å²) in [5.74, 6) is 0.629. The normalized spacial score (nSPS) is 22.3. The number of hydrogen-bond acceptors (Lipinski definition) is 6. The van der Waals surface area contributed by atoms with Crippen molar-refractivity contribution >= 4 is 11.8 Å². The Labute approximate surface area is 232 Å². The first-order valence-electron chi connectivity index (χ1n) is 14.2. The lowest BCUT2D eigenvalue weighted by Gasteiger charge is -2.45. The van der Waals surface area contributed by atoms with Crippen LogP contribution in [0.1, 0.15) is 59.1 Å². The van der Waals surface area contributed by atoms with Gasteiger partial charge >= 0.3 is 0 Å². The number of fused-ring (bicyclic) bond motifs is 1. The fourth-order valence-corrected chi connectivity index (χ4v) is 6.68. The Morgan fingerprint density at radius 3 is 2.28 bits per heavy atom. The van der Waals surface area contributed by atoms with Gasteiger partial charge in [0.15, 0.2) is 11.5 Å². The molecule has 0 spiro atoms. The average Bonchev–Trinajstić information content (AvgIpc) is 3.51. The zero-order valence-electron chi connectivity index (χ0n) is 23.8. The summed E-state index contributed by atoms with van der Waals surface area (Å²) in [6.07, 6.45) is 5.16. The van der Waals surface area contributed by atoms with Gasteiger partial charge < -0.3 is 24.2 Å². The molecule has 3 aliphatic rings. The van der Waals surface area contributed by atoms with Crippen molar-refractivity contribution < 1.29 is 19.1 Å². The zero-order valence-corrected chi connectivity index (χ0v) is 23.8. The molecule has 1 saturated heterocycles. The number of carbonyl (C=O) groups is 2. The predicted molar refractivity (Wildman–Crippen MR) is 151 cm³/mol. The van der Waals surface area contributed by atoms with Gasteiger partial charge in [-0.25, -0.2) is 0 Å². The Bertz CT molecular complexity index is 1170. The number of amides is 2. The van der Waals surface area contributed by atoms with Gasteiger partial charge in [0, 0.05) is 56.4 Å². The fourth-order valence-electron chi connectivity index (χ4n) is 6.68. The highest BCUT2D eigenvalue weighted by Gasteiger charge is 2.47. The molecule has 1 aliphatic carbocycles. The van der Waals surface area contributed by atoms with E-state index in [4.69, 9.17) is 9.47 Å². The Hall–Kier alpha value is -3.10. The molecule has 8 heteroatoms. The lowest BCUT2D eigenvalue weighted by atomic mass is 9.78. The molecule has 39 heavy (non-hydrogen) atoms. The summed E-state index contributed by atoms with van der Waals surface area (Å²) in [6.45, 7) is 4.40. The molecular formula is C31H42N4O4. The second-order valence-corrected chi connectivity index (χ2v) is 11.2. The molecule has 5 rings (SSSR count).